The highest BCUT2D eigenvalue weighted by Crippen LogP contribution is 2.33. The van der Waals surface area contributed by atoms with Crippen LogP contribution in [0.3, 0.4) is 0 Å². The molecule has 0 radical (unpaired) electrons. The molecule has 8 heteroatoms. The number of hydrogen-bond acceptors (Lipinski definition) is 5. The minimum absolute atomic E-state index is 0.174. The summed E-state index contributed by atoms with van der Waals surface area (Å²) in [5, 5.41) is 2.63. The van der Waals surface area contributed by atoms with Gasteiger partial charge >= 0.3 is 0 Å². The number of amides is 1. The van der Waals surface area contributed by atoms with E-state index in [2.05, 4.69) is 17.1 Å². The van der Waals surface area contributed by atoms with Gasteiger partial charge in [-0.25, -0.2) is 8.42 Å². The van der Waals surface area contributed by atoms with Crippen molar-refractivity contribution in [2.24, 2.45) is 0 Å². The van der Waals surface area contributed by atoms with Crippen molar-refractivity contribution in [2.45, 2.75) is 24.8 Å². The number of sulfonamides is 1. The summed E-state index contributed by atoms with van der Waals surface area (Å²) in [5.74, 6) is 0.564. The molecule has 1 aliphatic heterocycles. The zero-order valence-corrected chi connectivity index (χ0v) is 17.1. The maximum atomic E-state index is 12.9. The van der Waals surface area contributed by atoms with Crippen molar-refractivity contribution >= 4 is 27.3 Å². The van der Waals surface area contributed by atoms with Crippen LogP contribution < -0.4 is 15.0 Å². The van der Waals surface area contributed by atoms with Crippen molar-refractivity contribution in [2.75, 3.05) is 36.9 Å². The molecule has 0 saturated carbocycles. The summed E-state index contributed by atoms with van der Waals surface area (Å²) >= 11 is 0. The van der Waals surface area contributed by atoms with Crippen LogP contribution in [0, 0.1) is 0 Å². The molecule has 0 saturated heterocycles. The van der Waals surface area contributed by atoms with E-state index in [1.165, 1.54) is 23.4 Å². The third-order valence-electron chi connectivity index (χ3n) is 4.65. The van der Waals surface area contributed by atoms with Crippen LogP contribution in [0.25, 0.3) is 0 Å². The van der Waals surface area contributed by atoms with Crippen LogP contribution in [0.15, 0.2) is 53.4 Å². The molecule has 1 atom stereocenters. The topological polar surface area (TPSA) is 79.0 Å². The van der Waals surface area contributed by atoms with Crippen molar-refractivity contribution in [3.8, 4) is 5.75 Å². The van der Waals surface area contributed by atoms with Crippen molar-refractivity contribution in [3.05, 3.63) is 48.5 Å². The maximum Gasteiger partial charge on any atom is 0.242 e. The van der Waals surface area contributed by atoms with Gasteiger partial charge in [0.25, 0.3) is 0 Å². The maximum absolute atomic E-state index is 12.9. The van der Waals surface area contributed by atoms with Crippen LogP contribution in [0.5, 0.6) is 5.75 Å². The minimum Gasteiger partial charge on any atom is -0.485 e. The third kappa shape index (κ3) is 4.28. The summed E-state index contributed by atoms with van der Waals surface area (Å²) in [4.78, 5) is 13.5. The first-order chi connectivity index (χ1) is 13.3. The summed E-state index contributed by atoms with van der Waals surface area (Å²) in [6.07, 6.45) is -0.270. The molecule has 1 amide bonds. The van der Waals surface area contributed by atoms with E-state index in [9.17, 15) is 13.2 Å². The Hall–Kier alpha value is -2.58. The Morgan fingerprint density at radius 1 is 1.21 bits per heavy atom. The van der Waals surface area contributed by atoms with E-state index in [1.54, 1.807) is 19.2 Å². The van der Waals surface area contributed by atoms with E-state index in [1.807, 2.05) is 24.3 Å². The van der Waals surface area contributed by atoms with E-state index in [0.717, 1.165) is 18.0 Å². The number of nitrogens with zero attached hydrogens (tertiary/aromatic N) is 2. The molecule has 150 valence electrons. The molecule has 3 rings (SSSR count). The van der Waals surface area contributed by atoms with Crippen LogP contribution in [0.2, 0.25) is 0 Å². The van der Waals surface area contributed by atoms with E-state index < -0.39 is 10.0 Å². The van der Waals surface area contributed by atoms with Crippen LogP contribution >= 0.6 is 0 Å². The van der Waals surface area contributed by atoms with E-state index in [-0.39, 0.29) is 23.5 Å². The molecular formula is C20H25N3O4S. The lowest BCUT2D eigenvalue weighted by molar-refractivity contribution is -0.114. The van der Waals surface area contributed by atoms with Crippen LogP contribution in [0.4, 0.5) is 11.4 Å². The smallest absolute Gasteiger partial charge is 0.242 e. The van der Waals surface area contributed by atoms with E-state index in [4.69, 9.17) is 4.74 Å². The number of benzene rings is 2. The Morgan fingerprint density at radius 3 is 2.54 bits per heavy atom. The van der Waals surface area contributed by atoms with Gasteiger partial charge < -0.3 is 15.0 Å². The lowest BCUT2D eigenvalue weighted by Gasteiger charge is -2.37. The van der Waals surface area contributed by atoms with Gasteiger partial charge in [-0.3, -0.25) is 4.79 Å². The summed E-state index contributed by atoms with van der Waals surface area (Å²) in [6, 6.07) is 13.9. The summed E-state index contributed by atoms with van der Waals surface area (Å²) in [6.45, 7) is 5.14. The van der Waals surface area contributed by atoms with Gasteiger partial charge in [0, 0.05) is 26.2 Å². The highest BCUT2D eigenvalue weighted by atomic mass is 32.2. The fraction of sp³-hybridized carbons (Fsp3) is 0.350. The Balaban J connectivity index is 1.73. The second-order valence-electron chi connectivity index (χ2n) is 6.74. The van der Waals surface area contributed by atoms with Gasteiger partial charge in [0.05, 0.1) is 23.7 Å². The van der Waals surface area contributed by atoms with Gasteiger partial charge in [-0.2, -0.15) is 4.31 Å². The molecule has 2 aromatic rings. The second-order valence-corrected chi connectivity index (χ2v) is 8.78. The first-order valence-corrected chi connectivity index (χ1v) is 10.6. The molecule has 0 bridgehead atoms. The van der Waals surface area contributed by atoms with Crippen LogP contribution in [0.1, 0.15) is 13.8 Å². The zero-order valence-electron chi connectivity index (χ0n) is 16.3. The molecule has 1 aliphatic rings. The van der Waals surface area contributed by atoms with E-state index >= 15 is 0 Å². The summed E-state index contributed by atoms with van der Waals surface area (Å²) < 4.78 is 33.2. The molecule has 2 aromatic carbocycles. The molecule has 28 heavy (non-hydrogen) atoms. The molecular weight excluding hydrogens is 378 g/mol. The van der Waals surface area contributed by atoms with Crippen LogP contribution in [-0.4, -0.2) is 51.4 Å². The Morgan fingerprint density at radius 2 is 1.89 bits per heavy atom. The fourth-order valence-corrected chi connectivity index (χ4v) is 4.45. The first-order valence-electron chi connectivity index (χ1n) is 9.16. The number of fused-ring (bicyclic) bond motifs is 1. The Labute approximate surface area is 166 Å². The summed E-state index contributed by atoms with van der Waals surface area (Å²) in [5.41, 5.74) is 1.58. The molecule has 0 aromatic heterocycles. The Kier molecular flexibility index (Phi) is 5.90. The number of anilines is 2. The molecule has 1 N–H and O–H groups in total. The number of carbonyl (C=O) groups is 1. The number of likely N-dealkylation sites (N-methyl/N-ethyl adjacent to an activating group) is 2. The van der Waals surface area contributed by atoms with Gasteiger partial charge in [-0.1, -0.05) is 12.1 Å². The van der Waals surface area contributed by atoms with Gasteiger partial charge in [-0.15, -0.1) is 0 Å². The normalized spacial score (nSPS) is 16.4. The largest absolute Gasteiger partial charge is 0.485 e. The zero-order chi connectivity index (χ0) is 20.3. The first kappa shape index (κ1) is 20.2. The lowest BCUT2D eigenvalue weighted by Crippen LogP contribution is -2.46. The lowest BCUT2D eigenvalue weighted by atomic mass is 10.2. The predicted molar refractivity (Wildman–Crippen MR) is 109 cm³/mol. The number of rotatable bonds is 6. The average Bonchev–Trinajstić information content (AvgIpc) is 2.67. The second kappa shape index (κ2) is 8.20. The molecule has 0 unspecified atom stereocenters. The van der Waals surface area contributed by atoms with Gasteiger partial charge in [-0.05, 0) is 43.3 Å². The van der Waals surface area contributed by atoms with Crippen molar-refractivity contribution < 1.29 is 17.9 Å². The molecule has 0 aliphatic carbocycles. The van der Waals surface area contributed by atoms with Crippen molar-refractivity contribution in [1.82, 2.24) is 4.31 Å². The van der Waals surface area contributed by atoms with Crippen molar-refractivity contribution in [1.29, 1.82) is 0 Å². The number of ether oxygens (including phenoxy) is 1. The quantitative estimate of drug-likeness (QED) is 0.802. The molecule has 0 fully saturated rings. The monoisotopic (exact) mass is 403 g/mol. The molecule has 7 nitrogen and oxygen atoms in total. The number of para-hydroxylation sites is 2. The van der Waals surface area contributed by atoms with E-state index in [0.29, 0.717) is 12.2 Å². The third-order valence-corrected chi connectivity index (χ3v) is 6.49. The SMILES string of the molecule is CCN1C[C@@H](CN(C)S(=O)(=O)c2ccc(NC(C)=O)cc2)Oc2ccccc21. The Bertz CT molecular complexity index is 944. The van der Waals surface area contributed by atoms with Gasteiger partial charge in [0.1, 0.15) is 11.9 Å². The number of nitrogens with one attached hydrogen (secondary N) is 1. The standard InChI is InChI=1S/C20H25N3O4S/c1-4-23-14-17(27-20-8-6-5-7-19(20)23)13-22(3)28(25,26)18-11-9-16(10-12-18)21-15(2)24/h5-12,17H,4,13-14H2,1-3H3,(H,21,24)/t17-/m1/s1. The minimum atomic E-state index is -3.66. The molecule has 0 spiro atoms. The van der Waals surface area contributed by atoms with Gasteiger partial charge in [0.2, 0.25) is 15.9 Å². The average molecular weight is 404 g/mol. The summed E-state index contributed by atoms with van der Waals surface area (Å²) in [7, 11) is -2.11. The van der Waals surface area contributed by atoms with Crippen molar-refractivity contribution in [3.63, 3.8) is 0 Å². The highest BCUT2D eigenvalue weighted by molar-refractivity contribution is 7.89. The predicted octanol–water partition coefficient (Wildman–Crippen LogP) is 2.55. The highest BCUT2D eigenvalue weighted by Gasteiger charge is 2.29. The number of carbonyl (C=O) groups excluding carboxylic acids is 1. The fourth-order valence-electron chi connectivity index (χ4n) is 3.25. The van der Waals surface area contributed by atoms with Crippen LogP contribution in [-0.2, 0) is 14.8 Å². The number of hydrogen-bond donors (Lipinski definition) is 1. The van der Waals surface area contributed by atoms with Gasteiger partial charge in [0.15, 0.2) is 0 Å². The molecule has 1 heterocycles.